The Morgan fingerprint density at radius 3 is 2.66 bits per heavy atom. The number of ether oxygens (including phenoxy) is 2. The van der Waals surface area contributed by atoms with E-state index in [0.29, 0.717) is 33.7 Å². The quantitative estimate of drug-likeness (QED) is 0.200. The molecule has 0 aliphatic rings. The summed E-state index contributed by atoms with van der Waals surface area (Å²) in [5.41, 5.74) is 3.69. The number of hydrogen-bond donors (Lipinski definition) is 1. The van der Waals surface area contributed by atoms with Gasteiger partial charge in [0, 0.05) is 18.2 Å². The summed E-state index contributed by atoms with van der Waals surface area (Å²) < 4.78 is 11.5. The predicted molar refractivity (Wildman–Crippen MR) is 114 cm³/mol. The van der Waals surface area contributed by atoms with Crippen LogP contribution in [0.25, 0.3) is 6.08 Å². The SMILES string of the molecule is C=CCOc1c(Br)cc(/C=N\NC(=O)/C=C/c2ccc([N+](=O)[O-])cc2)cc1OC. The molecule has 0 saturated carbocycles. The number of rotatable bonds is 9. The maximum atomic E-state index is 11.9. The summed E-state index contributed by atoms with van der Waals surface area (Å²) in [6.07, 6.45) is 5.89. The first kappa shape index (κ1) is 21.8. The van der Waals surface area contributed by atoms with E-state index in [1.165, 1.54) is 37.6 Å². The van der Waals surface area contributed by atoms with Gasteiger partial charge in [-0.05, 0) is 57.4 Å². The van der Waals surface area contributed by atoms with Gasteiger partial charge in [0.1, 0.15) is 6.61 Å². The molecule has 0 aliphatic carbocycles. The molecular weight excluding hydrogens is 442 g/mol. The molecule has 0 heterocycles. The number of nitro benzene ring substituents is 1. The number of carbonyl (C=O) groups is 1. The van der Waals surface area contributed by atoms with Gasteiger partial charge >= 0.3 is 0 Å². The zero-order valence-corrected chi connectivity index (χ0v) is 17.1. The van der Waals surface area contributed by atoms with E-state index in [4.69, 9.17) is 9.47 Å². The molecular formula is C20H18BrN3O5. The molecule has 150 valence electrons. The summed E-state index contributed by atoms with van der Waals surface area (Å²) in [6.45, 7) is 3.94. The summed E-state index contributed by atoms with van der Waals surface area (Å²) in [4.78, 5) is 22.0. The Balaban J connectivity index is 1.99. The van der Waals surface area contributed by atoms with Crippen molar-refractivity contribution >= 4 is 39.8 Å². The molecule has 0 unspecified atom stereocenters. The fourth-order valence-corrected chi connectivity index (χ4v) is 2.76. The van der Waals surface area contributed by atoms with Crippen LogP contribution in [-0.2, 0) is 4.79 Å². The molecule has 9 heteroatoms. The summed E-state index contributed by atoms with van der Waals surface area (Å²) in [5, 5.41) is 14.5. The van der Waals surface area contributed by atoms with Crippen molar-refractivity contribution in [2.24, 2.45) is 5.10 Å². The molecule has 2 rings (SSSR count). The van der Waals surface area contributed by atoms with Crippen LogP contribution in [0.2, 0.25) is 0 Å². The highest BCUT2D eigenvalue weighted by Crippen LogP contribution is 2.36. The Kier molecular flexibility index (Phi) is 8.11. The van der Waals surface area contributed by atoms with E-state index in [1.807, 2.05) is 0 Å². The van der Waals surface area contributed by atoms with Crippen molar-refractivity contribution < 1.29 is 19.2 Å². The Labute approximate surface area is 175 Å². The normalized spacial score (nSPS) is 10.8. The minimum Gasteiger partial charge on any atom is -0.493 e. The molecule has 29 heavy (non-hydrogen) atoms. The molecule has 0 bridgehead atoms. The largest absolute Gasteiger partial charge is 0.493 e. The molecule has 1 N–H and O–H groups in total. The second kappa shape index (κ2) is 10.8. The number of benzene rings is 2. The van der Waals surface area contributed by atoms with Gasteiger partial charge < -0.3 is 9.47 Å². The van der Waals surface area contributed by atoms with E-state index in [9.17, 15) is 14.9 Å². The zero-order chi connectivity index (χ0) is 21.2. The average molecular weight is 460 g/mol. The molecule has 0 aliphatic heterocycles. The van der Waals surface area contributed by atoms with Gasteiger partial charge in [-0.2, -0.15) is 5.10 Å². The number of amides is 1. The summed E-state index contributed by atoms with van der Waals surface area (Å²) >= 11 is 3.41. The molecule has 0 spiro atoms. The molecule has 8 nitrogen and oxygen atoms in total. The zero-order valence-electron chi connectivity index (χ0n) is 15.5. The first-order valence-electron chi connectivity index (χ1n) is 8.31. The van der Waals surface area contributed by atoms with Crippen LogP contribution in [0.5, 0.6) is 11.5 Å². The Morgan fingerprint density at radius 1 is 1.31 bits per heavy atom. The van der Waals surface area contributed by atoms with Gasteiger partial charge in [0.15, 0.2) is 11.5 Å². The smallest absolute Gasteiger partial charge is 0.269 e. The van der Waals surface area contributed by atoms with Gasteiger partial charge in [0.2, 0.25) is 0 Å². The predicted octanol–water partition coefficient (Wildman–Crippen LogP) is 4.09. The average Bonchev–Trinajstić information content (AvgIpc) is 2.71. The van der Waals surface area contributed by atoms with Crippen LogP contribution >= 0.6 is 15.9 Å². The van der Waals surface area contributed by atoms with Crippen LogP contribution in [0.3, 0.4) is 0 Å². The van der Waals surface area contributed by atoms with Gasteiger partial charge in [-0.15, -0.1) is 0 Å². The van der Waals surface area contributed by atoms with Gasteiger partial charge in [-0.3, -0.25) is 14.9 Å². The number of nitro groups is 1. The third-order valence-corrected chi connectivity index (χ3v) is 4.11. The summed E-state index contributed by atoms with van der Waals surface area (Å²) in [5.74, 6) is 0.600. The van der Waals surface area contributed by atoms with Crippen LogP contribution in [-0.4, -0.2) is 30.8 Å². The molecule has 0 radical (unpaired) electrons. The number of hydrazone groups is 1. The number of non-ortho nitro benzene ring substituents is 1. The highest BCUT2D eigenvalue weighted by molar-refractivity contribution is 9.10. The first-order chi connectivity index (χ1) is 13.9. The second-order valence-corrected chi connectivity index (χ2v) is 6.40. The van der Waals surface area contributed by atoms with E-state index in [0.717, 1.165) is 0 Å². The van der Waals surface area contributed by atoms with Crippen molar-refractivity contribution in [3.8, 4) is 11.5 Å². The van der Waals surface area contributed by atoms with Crippen molar-refractivity contribution in [1.82, 2.24) is 5.43 Å². The standard InChI is InChI=1S/C20H18BrN3O5/c1-3-10-29-20-17(21)11-15(12-18(20)28-2)13-22-23-19(25)9-6-14-4-7-16(8-5-14)24(26)27/h3-9,11-13H,1,10H2,2H3,(H,23,25)/b9-6+,22-13-. The second-order valence-electron chi connectivity index (χ2n) is 5.55. The lowest BCUT2D eigenvalue weighted by Gasteiger charge is -2.12. The summed E-state index contributed by atoms with van der Waals surface area (Å²) in [6, 6.07) is 9.30. The summed E-state index contributed by atoms with van der Waals surface area (Å²) in [7, 11) is 1.52. The minimum absolute atomic E-state index is 0.0151. The topological polar surface area (TPSA) is 103 Å². The van der Waals surface area contributed by atoms with E-state index in [-0.39, 0.29) is 5.69 Å². The Hall–Kier alpha value is -3.46. The number of carbonyl (C=O) groups excluding carboxylic acids is 1. The van der Waals surface area contributed by atoms with Crippen LogP contribution in [0.1, 0.15) is 11.1 Å². The lowest BCUT2D eigenvalue weighted by atomic mass is 10.2. The number of nitrogens with one attached hydrogen (secondary N) is 1. The van der Waals surface area contributed by atoms with E-state index in [2.05, 4.69) is 33.0 Å². The lowest BCUT2D eigenvalue weighted by Crippen LogP contribution is -2.14. The van der Waals surface area contributed by atoms with Crippen molar-refractivity contribution in [3.05, 3.63) is 80.8 Å². The first-order valence-corrected chi connectivity index (χ1v) is 9.10. The number of hydrogen-bond acceptors (Lipinski definition) is 6. The molecule has 0 atom stereocenters. The van der Waals surface area contributed by atoms with Gasteiger partial charge in [-0.25, -0.2) is 5.43 Å². The maximum Gasteiger partial charge on any atom is 0.269 e. The molecule has 2 aromatic carbocycles. The van der Waals surface area contributed by atoms with Gasteiger partial charge in [0.05, 0.1) is 22.7 Å². The van der Waals surface area contributed by atoms with Crippen molar-refractivity contribution in [3.63, 3.8) is 0 Å². The van der Waals surface area contributed by atoms with Gasteiger partial charge in [0.25, 0.3) is 11.6 Å². The fraction of sp³-hybridized carbons (Fsp3) is 0.100. The highest BCUT2D eigenvalue weighted by Gasteiger charge is 2.10. The maximum absolute atomic E-state index is 11.9. The fourth-order valence-electron chi connectivity index (χ4n) is 2.18. The molecule has 1 amide bonds. The van der Waals surface area contributed by atoms with Gasteiger partial charge in [-0.1, -0.05) is 12.7 Å². The monoisotopic (exact) mass is 459 g/mol. The number of halogens is 1. The third-order valence-electron chi connectivity index (χ3n) is 3.52. The van der Waals surface area contributed by atoms with Crippen molar-refractivity contribution in [2.75, 3.05) is 13.7 Å². The van der Waals surface area contributed by atoms with Crippen LogP contribution in [0, 0.1) is 10.1 Å². The van der Waals surface area contributed by atoms with E-state index < -0.39 is 10.8 Å². The van der Waals surface area contributed by atoms with Crippen LogP contribution in [0.4, 0.5) is 5.69 Å². The molecule has 2 aromatic rings. The Bertz CT molecular complexity index is 955. The number of nitrogens with zero attached hydrogens (tertiary/aromatic N) is 2. The Morgan fingerprint density at radius 2 is 2.03 bits per heavy atom. The molecule has 0 saturated heterocycles. The van der Waals surface area contributed by atoms with Crippen LogP contribution in [0.15, 0.2) is 64.7 Å². The van der Waals surface area contributed by atoms with E-state index in [1.54, 1.807) is 30.3 Å². The van der Waals surface area contributed by atoms with Crippen molar-refractivity contribution in [1.29, 1.82) is 0 Å². The lowest BCUT2D eigenvalue weighted by molar-refractivity contribution is -0.384. The van der Waals surface area contributed by atoms with E-state index >= 15 is 0 Å². The third kappa shape index (κ3) is 6.58. The molecule has 0 fully saturated rings. The van der Waals surface area contributed by atoms with Crippen molar-refractivity contribution in [2.45, 2.75) is 0 Å². The molecule has 0 aromatic heterocycles. The van der Waals surface area contributed by atoms with Crippen LogP contribution < -0.4 is 14.9 Å². The number of methoxy groups -OCH3 is 1. The minimum atomic E-state index is -0.486. The highest BCUT2D eigenvalue weighted by atomic mass is 79.9.